The number of carbonyl (C=O) groups is 1. The molecule has 0 radical (unpaired) electrons. The van der Waals surface area contributed by atoms with E-state index in [1.165, 1.54) is 4.90 Å². The topological polar surface area (TPSA) is 57.3 Å². The molecule has 2 N–H and O–H groups in total. The van der Waals surface area contributed by atoms with Crippen LogP contribution in [0.25, 0.3) is 0 Å². The summed E-state index contributed by atoms with van der Waals surface area (Å²) in [6.45, 7) is 6.95. The fourth-order valence-electron chi connectivity index (χ4n) is 2.66. The zero-order valence-electron chi connectivity index (χ0n) is 14.0. The van der Waals surface area contributed by atoms with E-state index in [1.54, 1.807) is 5.51 Å². The first-order chi connectivity index (χ1) is 11.1. The van der Waals surface area contributed by atoms with Crippen molar-refractivity contribution in [2.24, 2.45) is 0 Å². The lowest BCUT2D eigenvalue weighted by Gasteiger charge is -2.35. The van der Waals surface area contributed by atoms with Gasteiger partial charge in [0.25, 0.3) is 5.91 Å². The van der Waals surface area contributed by atoms with E-state index in [9.17, 15) is 18.0 Å². The fraction of sp³-hybridized carbons (Fsp3) is 0.733. The van der Waals surface area contributed by atoms with Crippen LogP contribution >= 0.6 is 11.3 Å². The van der Waals surface area contributed by atoms with Gasteiger partial charge in [-0.1, -0.05) is 20.8 Å². The molecule has 0 spiro atoms. The van der Waals surface area contributed by atoms with E-state index in [1.807, 2.05) is 20.8 Å². The zero-order valence-corrected chi connectivity index (χ0v) is 14.9. The smallest absolute Gasteiger partial charge is 0.349 e. The Hall–Kier alpha value is -1.19. The SMILES string of the molecule is CC(C)(C)c1ncsc1C(=O)NCC(N1CCNCC1)C(F)(F)F. The second kappa shape index (κ2) is 7.37. The molecule has 1 aromatic heterocycles. The molecule has 1 aliphatic rings. The van der Waals surface area contributed by atoms with E-state index in [-0.39, 0.29) is 5.41 Å². The number of piperazine rings is 1. The van der Waals surface area contributed by atoms with Crippen molar-refractivity contribution in [2.45, 2.75) is 38.4 Å². The van der Waals surface area contributed by atoms with Crippen molar-refractivity contribution in [2.75, 3.05) is 32.7 Å². The maximum Gasteiger partial charge on any atom is 0.405 e. The Bertz CT molecular complexity index is 562. The molecule has 1 saturated heterocycles. The van der Waals surface area contributed by atoms with E-state index >= 15 is 0 Å². The van der Waals surface area contributed by atoms with Gasteiger partial charge in [-0.05, 0) is 0 Å². The highest BCUT2D eigenvalue weighted by atomic mass is 32.1. The minimum Gasteiger partial charge on any atom is -0.349 e. The Kier molecular flexibility index (Phi) is 5.87. The molecule has 0 aliphatic carbocycles. The summed E-state index contributed by atoms with van der Waals surface area (Å²) >= 11 is 1.15. The summed E-state index contributed by atoms with van der Waals surface area (Å²) in [6.07, 6.45) is -4.38. The van der Waals surface area contributed by atoms with Crippen LogP contribution in [0.2, 0.25) is 0 Å². The van der Waals surface area contributed by atoms with Crippen molar-refractivity contribution in [3.8, 4) is 0 Å². The minimum absolute atomic E-state index is 0.313. The summed E-state index contributed by atoms with van der Waals surface area (Å²) in [7, 11) is 0. The highest BCUT2D eigenvalue weighted by Crippen LogP contribution is 2.28. The van der Waals surface area contributed by atoms with Gasteiger partial charge in [0.05, 0.1) is 11.2 Å². The van der Waals surface area contributed by atoms with Gasteiger partial charge in [-0.25, -0.2) is 4.98 Å². The number of nitrogens with one attached hydrogen (secondary N) is 2. The number of alkyl halides is 3. The van der Waals surface area contributed by atoms with Crippen LogP contribution in [0.5, 0.6) is 0 Å². The monoisotopic (exact) mass is 364 g/mol. The molecule has 1 fully saturated rings. The number of halogens is 3. The summed E-state index contributed by atoms with van der Waals surface area (Å²) in [5, 5.41) is 5.48. The Morgan fingerprint density at radius 1 is 1.38 bits per heavy atom. The normalized spacial score (nSPS) is 18.4. The molecule has 1 aliphatic heterocycles. The Labute approximate surface area is 143 Å². The molecule has 1 aromatic rings. The van der Waals surface area contributed by atoms with Gasteiger partial charge in [-0.15, -0.1) is 11.3 Å². The Morgan fingerprint density at radius 2 is 2.00 bits per heavy atom. The van der Waals surface area contributed by atoms with Crippen LogP contribution in [-0.2, 0) is 5.41 Å². The number of rotatable bonds is 4. The summed E-state index contributed by atoms with van der Waals surface area (Å²) in [6, 6.07) is -1.67. The minimum atomic E-state index is -4.38. The van der Waals surface area contributed by atoms with E-state index in [4.69, 9.17) is 0 Å². The second-order valence-electron chi connectivity index (χ2n) is 6.83. The molecule has 9 heteroatoms. The summed E-state index contributed by atoms with van der Waals surface area (Å²) in [5.41, 5.74) is 1.82. The molecule has 2 rings (SSSR count). The van der Waals surface area contributed by atoms with Crippen LogP contribution in [0, 0.1) is 0 Å². The van der Waals surface area contributed by atoms with Gasteiger partial charge in [0.15, 0.2) is 0 Å². The quantitative estimate of drug-likeness (QED) is 0.858. The van der Waals surface area contributed by atoms with Crippen LogP contribution in [0.15, 0.2) is 5.51 Å². The predicted octanol–water partition coefficient (Wildman–Crippen LogP) is 2.01. The standard InChI is InChI=1S/C15H23F3N4OS/c1-14(2,3)12-11(24-9-21-12)13(23)20-8-10(15(16,17)18)22-6-4-19-5-7-22/h9-10,19H,4-8H2,1-3H3,(H,20,23). The largest absolute Gasteiger partial charge is 0.405 e. The lowest BCUT2D eigenvalue weighted by Crippen LogP contribution is -2.57. The number of carbonyl (C=O) groups excluding carboxylic acids is 1. The van der Waals surface area contributed by atoms with E-state index < -0.39 is 24.7 Å². The molecule has 1 amide bonds. The molecule has 136 valence electrons. The van der Waals surface area contributed by atoms with Gasteiger partial charge in [0.2, 0.25) is 0 Å². The second-order valence-corrected chi connectivity index (χ2v) is 7.69. The van der Waals surface area contributed by atoms with Gasteiger partial charge in [0.1, 0.15) is 10.9 Å². The van der Waals surface area contributed by atoms with Crippen LogP contribution in [-0.4, -0.2) is 60.7 Å². The maximum absolute atomic E-state index is 13.3. The summed E-state index contributed by atoms with van der Waals surface area (Å²) in [5.74, 6) is -0.494. The third kappa shape index (κ3) is 4.67. The molecule has 0 aromatic carbocycles. The van der Waals surface area contributed by atoms with E-state index in [0.717, 1.165) is 11.3 Å². The molecule has 1 atom stereocenters. The van der Waals surface area contributed by atoms with Crippen LogP contribution < -0.4 is 10.6 Å². The number of aromatic nitrogens is 1. The first-order valence-electron chi connectivity index (χ1n) is 7.84. The molecular formula is C15H23F3N4OS. The van der Waals surface area contributed by atoms with Crippen LogP contribution in [0.1, 0.15) is 36.1 Å². The third-order valence-corrected chi connectivity index (χ3v) is 4.74. The van der Waals surface area contributed by atoms with E-state index in [0.29, 0.717) is 36.8 Å². The van der Waals surface area contributed by atoms with Crippen LogP contribution in [0.4, 0.5) is 13.2 Å². The van der Waals surface area contributed by atoms with Gasteiger partial charge in [-0.2, -0.15) is 13.2 Å². The molecular weight excluding hydrogens is 341 g/mol. The Balaban J connectivity index is 2.06. The lowest BCUT2D eigenvalue weighted by atomic mass is 9.91. The van der Waals surface area contributed by atoms with E-state index in [2.05, 4.69) is 15.6 Å². The highest BCUT2D eigenvalue weighted by molar-refractivity contribution is 7.11. The highest BCUT2D eigenvalue weighted by Gasteiger charge is 2.44. The molecule has 2 heterocycles. The molecule has 0 saturated carbocycles. The van der Waals surface area contributed by atoms with Gasteiger partial charge < -0.3 is 10.6 Å². The Morgan fingerprint density at radius 3 is 2.54 bits per heavy atom. The summed E-state index contributed by atoms with van der Waals surface area (Å²) < 4.78 is 40.0. The molecule has 1 unspecified atom stereocenters. The average Bonchev–Trinajstić information content (AvgIpc) is 2.96. The number of nitrogens with zero attached hydrogens (tertiary/aromatic N) is 2. The van der Waals surface area contributed by atoms with Crippen molar-refractivity contribution in [1.29, 1.82) is 0 Å². The zero-order chi connectivity index (χ0) is 18.0. The van der Waals surface area contributed by atoms with Crippen molar-refractivity contribution < 1.29 is 18.0 Å². The van der Waals surface area contributed by atoms with Gasteiger partial charge >= 0.3 is 6.18 Å². The van der Waals surface area contributed by atoms with Crippen molar-refractivity contribution in [1.82, 2.24) is 20.5 Å². The number of amides is 1. The number of hydrogen-bond acceptors (Lipinski definition) is 5. The van der Waals surface area contributed by atoms with Crippen molar-refractivity contribution >= 4 is 17.2 Å². The maximum atomic E-state index is 13.3. The van der Waals surface area contributed by atoms with Crippen molar-refractivity contribution in [3.05, 3.63) is 16.1 Å². The van der Waals surface area contributed by atoms with Crippen molar-refractivity contribution in [3.63, 3.8) is 0 Å². The first kappa shape index (κ1) is 19.1. The first-order valence-corrected chi connectivity index (χ1v) is 8.72. The molecule has 0 bridgehead atoms. The number of thiazole rings is 1. The summed E-state index contributed by atoms with van der Waals surface area (Å²) in [4.78, 5) is 18.3. The van der Waals surface area contributed by atoms with Gasteiger partial charge in [0, 0.05) is 38.1 Å². The van der Waals surface area contributed by atoms with Gasteiger partial charge in [-0.3, -0.25) is 9.69 Å². The number of hydrogen-bond donors (Lipinski definition) is 2. The predicted molar refractivity (Wildman–Crippen MR) is 87.4 cm³/mol. The average molecular weight is 364 g/mol. The third-order valence-electron chi connectivity index (χ3n) is 3.91. The van der Waals surface area contributed by atoms with Crippen LogP contribution in [0.3, 0.4) is 0 Å². The lowest BCUT2D eigenvalue weighted by molar-refractivity contribution is -0.183. The molecule has 5 nitrogen and oxygen atoms in total. The fourth-order valence-corrected chi connectivity index (χ4v) is 3.57. The molecule has 24 heavy (non-hydrogen) atoms.